The van der Waals surface area contributed by atoms with Gasteiger partial charge in [0.1, 0.15) is 0 Å². The number of aliphatic imine (C=N–C) groups is 1. The average molecular weight is 354 g/mol. The third-order valence-electron chi connectivity index (χ3n) is 5.16. The fourth-order valence-corrected chi connectivity index (χ4v) is 3.58. The van der Waals surface area contributed by atoms with Crippen molar-refractivity contribution in [2.75, 3.05) is 52.4 Å². The first-order valence-corrected chi connectivity index (χ1v) is 10.6. The minimum absolute atomic E-state index is 0.461. The van der Waals surface area contributed by atoms with Crippen molar-refractivity contribution in [3.05, 3.63) is 0 Å². The lowest BCUT2D eigenvalue weighted by Crippen LogP contribution is -2.43. The second kappa shape index (κ2) is 13.4. The van der Waals surface area contributed by atoms with E-state index in [9.17, 15) is 0 Å². The number of rotatable bonds is 11. The molecular weight excluding hydrogens is 310 g/mol. The van der Waals surface area contributed by atoms with Gasteiger partial charge >= 0.3 is 0 Å². The molecule has 1 aliphatic heterocycles. The zero-order chi connectivity index (χ0) is 18.5. The molecule has 1 saturated heterocycles. The van der Waals surface area contributed by atoms with Crippen LogP contribution in [0.2, 0.25) is 0 Å². The molecule has 0 aromatic rings. The summed E-state index contributed by atoms with van der Waals surface area (Å²) < 4.78 is 0. The Balaban J connectivity index is 2.31. The van der Waals surface area contributed by atoms with Crippen LogP contribution in [0.25, 0.3) is 0 Å². The Morgan fingerprint density at radius 2 is 2.04 bits per heavy atom. The lowest BCUT2D eigenvalue weighted by Gasteiger charge is -2.30. The van der Waals surface area contributed by atoms with E-state index in [0.29, 0.717) is 6.04 Å². The second-order valence-electron chi connectivity index (χ2n) is 7.52. The smallest absolute Gasteiger partial charge is 0.191 e. The van der Waals surface area contributed by atoms with Gasteiger partial charge in [-0.2, -0.15) is 0 Å². The summed E-state index contributed by atoms with van der Waals surface area (Å²) in [5.41, 5.74) is 0. The SMILES string of the molecule is CCNC(=NCCN1CCCC(C)C1)NC(C)CCCN(CC)CC. The number of hydrogen-bond donors (Lipinski definition) is 2. The summed E-state index contributed by atoms with van der Waals surface area (Å²) in [5.74, 6) is 1.82. The molecule has 1 heterocycles. The highest BCUT2D eigenvalue weighted by molar-refractivity contribution is 5.80. The topological polar surface area (TPSA) is 42.9 Å². The molecule has 1 rings (SSSR count). The average Bonchev–Trinajstić information content (AvgIpc) is 2.59. The van der Waals surface area contributed by atoms with E-state index in [-0.39, 0.29) is 0 Å². The molecular formula is C20H43N5. The zero-order valence-electron chi connectivity index (χ0n) is 17.5. The second-order valence-corrected chi connectivity index (χ2v) is 7.52. The van der Waals surface area contributed by atoms with Crippen molar-refractivity contribution in [2.24, 2.45) is 10.9 Å². The van der Waals surface area contributed by atoms with Crippen molar-refractivity contribution in [1.82, 2.24) is 20.4 Å². The van der Waals surface area contributed by atoms with Gasteiger partial charge in [-0.1, -0.05) is 20.8 Å². The van der Waals surface area contributed by atoms with Gasteiger partial charge in [-0.3, -0.25) is 4.99 Å². The summed E-state index contributed by atoms with van der Waals surface area (Å²) in [6.07, 6.45) is 5.15. The van der Waals surface area contributed by atoms with Crippen molar-refractivity contribution < 1.29 is 0 Å². The molecule has 0 bridgehead atoms. The minimum Gasteiger partial charge on any atom is -0.357 e. The predicted octanol–water partition coefficient (Wildman–Crippen LogP) is 2.78. The molecule has 2 unspecified atom stereocenters. The summed E-state index contributed by atoms with van der Waals surface area (Å²) in [6, 6.07) is 0.461. The van der Waals surface area contributed by atoms with E-state index in [4.69, 9.17) is 4.99 Å². The van der Waals surface area contributed by atoms with Crippen molar-refractivity contribution >= 4 is 5.96 Å². The number of piperidine rings is 1. The van der Waals surface area contributed by atoms with Crippen LogP contribution in [0.3, 0.4) is 0 Å². The summed E-state index contributed by atoms with van der Waals surface area (Å²) in [6.45, 7) is 20.1. The molecule has 0 aromatic heterocycles. The molecule has 5 heteroatoms. The first-order valence-electron chi connectivity index (χ1n) is 10.6. The van der Waals surface area contributed by atoms with Crippen LogP contribution < -0.4 is 10.6 Å². The molecule has 2 atom stereocenters. The zero-order valence-corrected chi connectivity index (χ0v) is 17.5. The van der Waals surface area contributed by atoms with Crippen LogP contribution in [0.15, 0.2) is 4.99 Å². The fourth-order valence-electron chi connectivity index (χ4n) is 3.58. The van der Waals surface area contributed by atoms with Crippen molar-refractivity contribution in [3.8, 4) is 0 Å². The number of guanidine groups is 1. The summed E-state index contributed by atoms with van der Waals surface area (Å²) >= 11 is 0. The van der Waals surface area contributed by atoms with E-state index in [2.05, 4.69) is 55.1 Å². The molecule has 2 N–H and O–H groups in total. The number of hydrogen-bond acceptors (Lipinski definition) is 3. The molecule has 0 saturated carbocycles. The quantitative estimate of drug-likeness (QED) is 0.443. The Bertz CT molecular complexity index is 354. The molecule has 1 aliphatic rings. The number of likely N-dealkylation sites (tertiary alicyclic amines) is 1. The Morgan fingerprint density at radius 1 is 1.28 bits per heavy atom. The van der Waals surface area contributed by atoms with Gasteiger partial charge in [-0.25, -0.2) is 0 Å². The standard InChI is InChI=1S/C20H43N5/c1-6-21-20(22-13-16-25-15-9-11-18(4)17-25)23-19(5)12-10-14-24(7-2)8-3/h18-19H,6-17H2,1-5H3,(H2,21,22,23). The first kappa shape index (κ1) is 22.2. The van der Waals surface area contributed by atoms with Gasteiger partial charge in [0.05, 0.1) is 6.54 Å². The highest BCUT2D eigenvalue weighted by atomic mass is 15.2. The Hall–Kier alpha value is -0.810. The van der Waals surface area contributed by atoms with E-state index in [1.165, 1.54) is 45.3 Å². The van der Waals surface area contributed by atoms with E-state index in [1.807, 2.05) is 0 Å². The van der Waals surface area contributed by atoms with Crippen LogP contribution in [-0.4, -0.2) is 74.2 Å². The maximum Gasteiger partial charge on any atom is 0.191 e. The highest BCUT2D eigenvalue weighted by Gasteiger charge is 2.15. The van der Waals surface area contributed by atoms with Gasteiger partial charge in [0.15, 0.2) is 5.96 Å². The molecule has 0 spiro atoms. The molecule has 0 aliphatic carbocycles. The van der Waals surface area contributed by atoms with Crippen LogP contribution in [0.1, 0.15) is 60.3 Å². The molecule has 0 radical (unpaired) electrons. The number of nitrogens with zero attached hydrogens (tertiary/aromatic N) is 3. The van der Waals surface area contributed by atoms with Gasteiger partial charge < -0.3 is 20.4 Å². The van der Waals surface area contributed by atoms with Crippen molar-refractivity contribution in [3.63, 3.8) is 0 Å². The molecule has 1 fully saturated rings. The van der Waals surface area contributed by atoms with Crippen LogP contribution in [0, 0.1) is 5.92 Å². The van der Waals surface area contributed by atoms with Crippen LogP contribution in [-0.2, 0) is 0 Å². The first-order chi connectivity index (χ1) is 12.1. The Kier molecular flexibility index (Phi) is 11.9. The van der Waals surface area contributed by atoms with Gasteiger partial charge in [0.2, 0.25) is 0 Å². The molecule has 5 nitrogen and oxygen atoms in total. The summed E-state index contributed by atoms with van der Waals surface area (Å²) in [4.78, 5) is 9.85. The molecule has 0 aromatic carbocycles. The lowest BCUT2D eigenvalue weighted by molar-refractivity contribution is 0.189. The minimum atomic E-state index is 0.461. The normalized spacial score (nSPS) is 20.7. The molecule has 25 heavy (non-hydrogen) atoms. The van der Waals surface area contributed by atoms with Crippen molar-refractivity contribution in [1.29, 1.82) is 0 Å². The predicted molar refractivity (Wildman–Crippen MR) is 110 cm³/mol. The third kappa shape index (κ3) is 10.0. The van der Waals surface area contributed by atoms with Gasteiger partial charge in [0.25, 0.3) is 0 Å². The van der Waals surface area contributed by atoms with Crippen LogP contribution in [0.5, 0.6) is 0 Å². The van der Waals surface area contributed by atoms with E-state index in [1.54, 1.807) is 0 Å². The van der Waals surface area contributed by atoms with Crippen molar-refractivity contribution in [2.45, 2.75) is 66.3 Å². The summed E-state index contributed by atoms with van der Waals surface area (Å²) in [5, 5.41) is 6.97. The fraction of sp³-hybridized carbons (Fsp3) is 0.950. The molecule has 148 valence electrons. The maximum absolute atomic E-state index is 4.79. The van der Waals surface area contributed by atoms with E-state index in [0.717, 1.165) is 44.6 Å². The molecule has 0 amide bonds. The maximum atomic E-state index is 4.79. The number of nitrogens with one attached hydrogen (secondary N) is 2. The van der Waals surface area contributed by atoms with Crippen LogP contribution in [0.4, 0.5) is 0 Å². The van der Waals surface area contributed by atoms with E-state index < -0.39 is 0 Å². The van der Waals surface area contributed by atoms with Gasteiger partial charge in [0, 0.05) is 25.7 Å². The Labute approximate surface area is 156 Å². The summed E-state index contributed by atoms with van der Waals surface area (Å²) in [7, 11) is 0. The Morgan fingerprint density at radius 3 is 2.68 bits per heavy atom. The largest absolute Gasteiger partial charge is 0.357 e. The van der Waals surface area contributed by atoms with Crippen LogP contribution >= 0.6 is 0 Å². The highest BCUT2D eigenvalue weighted by Crippen LogP contribution is 2.14. The van der Waals surface area contributed by atoms with Gasteiger partial charge in [-0.15, -0.1) is 0 Å². The van der Waals surface area contributed by atoms with Gasteiger partial charge in [-0.05, 0) is 71.6 Å². The monoisotopic (exact) mass is 353 g/mol. The third-order valence-corrected chi connectivity index (χ3v) is 5.16. The van der Waals surface area contributed by atoms with E-state index >= 15 is 0 Å². The lowest BCUT2D eigenvalue weighted by atomic mass is 10.0.